The molecule has 0 fully saturated rings. The minimum absolute atomic E-state index is 0. The highest BCUT2D eigenvalue weighted by molar-refractivity contribution is 7.79. The molecule has 8 N–H and O–H groups in total. The Morgan fingerprint density at radius 2 is 1.56 bits per heavy atom. The molecule has 7 nitrogen and oxygen atoms in total. The summed E-state index contributed by atoms with van der Waals surface area (Å²) in [5.74, 6) is 0. The fraction of sp³-hybridized carbons (Fsp3) is 0.400. The van der Waals surface area contributed by atoms with Crippen molar-refractivity contribution in [2.24, 2.45) is 11.5 Å². The maximum atomic E-state index is 8.74. The second kappa shape index (κ2) is 8.97. The van der Waals surface area contributed by atoms with Crippen LogP contribution in [0.2, 0.25) is 0 Å². The van der Waals surface area contributed by atoms with Gasteiger partial charge in [-0.3, -0.25) is 9.11 Å². The molecule has 8 heteroatoms. The van der Waals surface area contributed by atoms with Crippen LogP contribution in [-0.2, 0) is 16.8 Å². The summed E-state index contributed by atoms with van der Waals surface area (Å²) in [5.41, 5.74) is 12.7. The average Bonchev–Trinajstić information content (AvgIpc) is 2.16. The van der Waals surface area contributed by atoms with Crippen LogP contribution >= 0.6 is 0 Å². The molecular weight excluding hydrogens is 260 g/mol. The van der Waals surface area contributed by atoms with Crippen molar-refractivity contribution < 1.29 is 23.0 Å². The lowest BCUT2D eigenvalue weighted by Crippen LogP contribution is -2.40. The molecule has 0 aromatic heterocycles. The zero-order valence-corrected chi connectivity index (χ0v) is 10.8. The summed E-state index contributed by atoms with van der Waals surface area (Å²) in [4.78, 5) is 0. The van der Waals surface area contributed by atoms with Crippen LogP contribution in [0.1, 0.15) is 12.5 Å². The molecule has 2 unspecified atom stereocenters. The van der Waals surface area contributed by atoms with E-state index in [-0.39, 0.29) is 17.6 Å². The summed E-state index contributed by atoms with van der Waals surface area (Å²) in [6, 6.07) is 10.3. The van der Waals surface area contributed by atoms with Gasteiger partial charge in [-0.1, -0.05) is 30.3 Å². The predicted octanol–water partition coefficient (Wildman–Crippen LogP) is -0.574. The number of hydrogen-bond acceptors (Lipinski definition) is 4. The van der Waals surface area contributed by atoms with Gasteiger partial charge in [0.1, 0.15) is 0 Å². The first-order valence-corrected chi connectivity index (χ1v) is 6.35. The van der Waals surface area contributed by atoms with Crippen molar-refractivity contribution in [1.82, 2.24) is 0 Å². The molecular formula is C10H20N2O5S. The molecule has 18 heavy (non-hydrogen) atoms. The molecule has 106 valence electrons. The fourth-order valence-electron chi connectivity index (χ4n) is 1.07. The highest BCUT2D eigenvalue weighted by Gasteiger charge is 2.07. The zero-order valence-electron chi connectivity index (χ0n) is 10.0. The summed E-state index contributed by atoms with van der Waals surface area (Å²) in [6.07, 6.45) is 0.860. The standard InChI is InChI=1S/C10H16N2.H2O4S.H2O/c1-8(11)10(12)7-9-5-3-2-4-6-9;1-5(2,3)4;/h2-6,8,10H,7,11-12H2,1H3;(H2,1,2,3,4);1H2. The summed E-state index contributed by atoms with van der Waals surface area (Å²) in [6.45, 7) is 1.94. The van der Waals surface area contributed by atoms with E-state index < -0.39 is 10.4 Å². The molecule has 0 aliphatic carbocycles. The molecule has 0 aliphatic rings. The Hall–Kier alpha value is -1.03. The van der Waals surface area contributed by atoms with Crippen LogP contribution in [0, 0.1) is 0 Å². The van der Waals surface area contributed by atoms with Gasteiger partial charge in [-0.25, -0.2) is 0 Å². The Morgan fingerprint density at radius 1 is 1.17 bits per heavy atom. The molecule has 0 heterocycles. The van der Waals surface area contributed by atoms with E-state index >= 15 is 0 Å². The lowest BCUT2D eigenvalue weighted by atomic mass is 10.0. The van der Waals surface area contributed by atoms with Crippen LogP contribution in [0.3, 0.4) is 0 Å². The van der Waals surface area contributed by atoms with Crippen molar-refractivity contribution in [1.29, 1.82) is 0 Å². The van der Waals surface area contributed by atoms with Gasteiger partial charge in [0.25, 0.3) is 0 Å². The van der Waals surface area contributed by atoms with E-state index in [1.54, 1.807) is 0 Å². The molecule has 1 rings (SSSR count). The Morgan fingerprint density at radius 3 is 1.89 bits per heavy atom. The first-order chi connectivity index (χ1) is 7.70. The fourth-order valence-corrected chi connectivity index (χ4v) is 1.07. The molecule has 0 saturated heterocycles. The van der Waals surface area contributed by atoms with E-state index in [2.05, 4.69) is 12.1 Å². The van der Waals surface area contributed by atoms with Crippen molar-refractivity contribution in [2.45, 2.75) is 25.4 Å². The van der Waals surface area contributed by atoms with Crippen LogP contribution in [-0.4, -0.2) is 35.1 Å². The van der Waals surface area contributed by atoms with Gasteiger partial charge in [-0.2, -0.15) is 8.42 Å². The Kier molecular flexibility index (Phi) is 9.63. The van der Waals surface area contributed by atoms with Gasteiger partial charge in [0.2, 0.25) is 0 Å². The van der Waals surface area contributed by atoms with Crippen LogP contribution in [0.4, 0.5) is 0 Å². The van der Waals surface area contributed by atoms with E-state index in [1.807, 2.05) is 25.1 Å². The maximum absolute atomic E-state index is 8.74. The number of rotatable bonds is 3. The van der Waals surface area contributed by atoms with Gasteiger partial charge in [-0.15, -0.1) is 0 Å². The maximum Gasteiger partial charge on any atom is 0.394 e. The van der Waals surface area contributed by atoms with E-state index in [9.17, 15) is 0 Å². The summed E-state index contributed by atoms with van der Waals surface area (Å²) in [5, 5.41) is 0. The lowest BCUT2D eigenvalue weighted by Gasteiger charge is -2.14. The van der Waals surface area contributed by atoms with Crippen LogP contribution in [0.25, 0.3) is 0 Å². The molecule has 0 aliphatic heterocycles. The Balaban J connectivity index is 0. The van der Waals surface area contributed by atoms with Gasteiger partial charge >= 0.3 is 10.4 Å². The molecule has 0 spiro atoms. The van der Waals surface area contributed by atoms with Crippen molar-refractivity contribution >= 4 is 10.4 Å². The highest BCUT2D eigenvalue weighted by atomic mass is 32.3. The summed E-state index contributed by atoms with van der Waals surface area (Å²) >= 11 is 0. The first kappa shape index (κ1) is 19.3. The smallest absolute Gasteiger partial charge is 0.394 e. The van der Waals surface area contributed by atoms with Gasteiger partial charge in [-0.05, 0) is 18.9 Å². The van der Waals surface area contributed by atoms with Crippen LogP contribution in [0.15, 0.2) is 30.3 Å². The molecule has 1 aromatic rings. The quantitative estimate of drug-likeness (QED) is 0.542. The SMILES string of the molecule is CC(N)C(N)Cc1ccccc1.O.O=S(=O)(O)O. The van der Waals surface area contributed by atoms with Crippen molar-refractivity contribution in [3.8, 4) is 0 Å². The summed E-state index contributed by atoms with van der Waals surface area (Å²) in [7, 11) is -4.67. The Labute approximate surface area is 107 Å². The minimum Gasteiger partial charge on any atom is -0.412 e. The van der Waals surface area contributed by atoms with E-state index in [0.717, 1.165) is 6.42 Å². The third-order valence-electron chi connectivity index (χ3n) is 1.99. The van der Waals surface area contributed by atoms with Crippen molar-refractivity contribution in [3.05, 3.63) is 35.9 Å². The number of nitrogens with two attached hydrogens (primary N) is 2. The van der Waals surface area contributed by atoms with Crippen LogP contribution < -0.4 is 11.5 Å². The third-order valence-corrected chi connectivity index (χ3v) is 1.99. The van der Waals surface area contributed by atoms with E-state index in [1.165, 1.54) is 5.56 Å². The largest absolute Gasteiger partial charge is 0.412 e. The third kappa shape index (κ3) is 13.0. The highest BCUT2D eigenvalue weighted by Crippen LogP contribution is 2.02. The second-order valence-electron chi connectivity index (χ2n) is 3.66. The van der Waals surface area contributed by atoms with E-state index in [0.29, 0.717) is 0 Å². The molecule has 0 amide bonds. The minimum atomic E-state index is -4.67. The van der Waals surface area contributed by atoms with Crippen molar-refractivity contribution in [2.75, 3.05) is 0 Å². The first-order valence-electron chi connectivity index (χ1n) is 4.95. The normalized spacial score (nSPS) is 13.6. The van der Waals surface area contributed by atoms with Gasteiger partial charge < -0.3 is 16.9 Å². The molecule has 1 aromatic carbocycles. The second-order valence-corrected chi connectivity index (χ2v) is 4.56. The number of hydrogen-bond donors (Lipinski definition) is 4. The monoisotopic (exact) mass is 280 g/mol. The number of benzene rings is 1. The average molecular weight is 280 g/mol. The molecule has 0 radical (unpaired) electrons. The summed E-state index contributed by atoms with van der Waals surface area (Å²) < 4.78 is 31.6. The zero-order chi connectivity index (χ0) is 13.5. The lowest BCUT2D eigenvalue weighted by molar-refractivity contribution is 0.381. The van der Waals surface area contributed by atoms with E-state index in [4.69, 9.17) is 29.0 Å². The molecule has 0 saturated carbocycles. The molecule has 0 bridgehead atoms. The Bertz CT molecular complexity index is 400. The van der Waals surface area contributed by atoms with Crippen molar-refractivity contribution in [3.63, 3.8) is 0 Å². The molecule has 2 atom stereocenters. The van der Waals surface area contributed by atoms with Gasteiger partial charge in [0.05, 0.1) is 0 Å². The topological polar surface area (TPSA) is 158 Å². The predicted molar refractivity (Wildman–Crippen MR) is 69.6 cm³/mol. The van der Waals surface area contributed by atoms with Gasteiger partial charge in [0.15, 0.2) is 0 Å². The van der Waals surface area contributed by atoms with Gasteiger partial charge in [0, 0.05) is 12.1 Å². The van der Waals surface area contributed by atoms with Crippen LogP contribution in [0.5, 0.6) is 0 Å².